The van der Waals surface area contributed by atoms with Crippen LogP contribution in [0.2, 0.25) is 0 Å². The number of hydrogen-bond donors (Lipinski definition) is 2. The topological polar surface area (TPSA) is 140 Å². The molecule has 0 bridgehead atoms. The maximum absolute atomic E-state index is 13.7. The average Bonchev–Trinajstić information content (AvgIpc) is 3.30. The van der Waals surface area contributed by atoms with Gasteiger partial charge in [0.15, 0.2) is 0 Å². The van der Waals surface area contributed by atoms with Crippen LogP contribution in [0.25, 0.3) is 11.1 Å². The third-order valence-electron chi connectivity index (χ3n) is 7.27. The predicted molar refractivity (Wildman–Crippen MR) is 190 cm³/mol. The van der Waals surface area contributed by atoms with Gasteiger partial charge in [-0.2, -0.15) is 0 Å². The number of carbonyl (C=O) groups excluding carboxylic acids is 3. The third kappa shape index (κ3) is 10.3. The van der Waals surface area contributed by atoms with E-state index in [1.165, 1.54) is 28.8 Å². The van der Waals surface area contributed by atoms with Gasteiger partial charge in [0.1, 0.15) is 25.3 Å². The summed E-state index contributed by atoms with van der Waals surface area (Å²) in [5, 5.41) is 2.92. The van der Waals surface area contributed by atoms with Gasteiger partial charge in [-0.05, 0) is 49.9 Å². The van der Waals surface area contributed by atoms with Crippen LogP contribution >= 0.6 is 21.6 Å². The number of aromatic amines is 1. The van der Waals surface area contributed by atoms with Crippen molar-refractivity contribution in [3.05, 3.63) is 92.3 Å². The Bertz CT molecular complexity index is 1710. The number of esters is 1. The van der Waals surface area contributed by atoms with E-state index in [1.54, 1.807) is 31.6 Å². The van der Waals surface area contributed by atoms with Gasteiger partial charge in [0.25, 0.3) is 5.56 Å². The number of nitrogens with one attached hydrogen (secondary N) is 2. The molecule has 0 radical (unpaired) electrons. The quantitative estimate of drug-likeness (QED) is 0.196. The van der Waals surface area contributed by atoms with Crippen molar-refractivity contribution >= 4 is 39.6 Å². The first kappa shape index (κ1) is 36.9. The standard InChI is InChI=1S/C35H44N4O7S2/c1-22-16-39(32(43)37-31(22)42)18-29(40)38(19-30(41)46-34(2,3)4)17-23(21-47-48-35(5,6)7)36-33(44)45-20-28-26-14-10-8-12-24(26)25-13-9-11-15-27(25)28/h8-16,23,28H,17-21H2,1-7H3,(H,36,44)(H,37,42,43)/t23-/m1/s1. The molecule has 0 saturated heterocycles. The summed E-state index contributed by atoms with van der Waals surface area (Å²) in [6.07, 6.45) is 0.646. The minimum atomic E-state index is -0.795. The molecule has 3 aromatic rings. The number of rotatable bonds is 12. The number of carbonyl (C=O) groups is 3. The average molecular weight is 697 g/mol. The number of amides is 2. The van der Waals surface area contributed by atoms with E-state index in [9.17, 15) is 24.0 Å². The second-order valence-corrected chi connectivity index (χ2v) is 16.9. The summed E-state index contributed by atoms with van der Waals surface area (Å²) < 4.78 is 12.3. The van der Waals surface area contributed by atoms with E-state index in [4.69, 9.17) is 9.47 Å². The van der Waals surface area contributed by atoms with E-state index in [1.807, 2.05) is 36.4 Å². The highest BCUT2D eigenvalue weighted by atomic mass is 33.1. The Morgan fingerprint density at radius 1 is 0.979 bits per heavy atom. The lowest BCUT2D eigenvalue weighted by Crippen LogP contribution is -2.50. The summed E-state index contributed by atoms with van der Waals surface area (Å²) in [6.45, 7) is 12.1. The second-order valence-electron chi connectivity index (χ2n) is 13.7. The minimum Gasteiger partial charge on any atom is -0.459 e. The van der Waals surface area contributed by atoms with Gasteiger partial charge in [0.05, 0.1) is 6.04 Å². The molecule has 48 heavy (non-hydrogen) atoms. The van der Waals surface area contributed by atoms with Gasteiger partial charge in [-0.1, -0.05) is 90.9 Å². The summed E-state index contributed by atoms with van der Waals surface area (Å²) in [4.78, 5) is 67.7. The lowest BCUT2D eigenvalue weighted by molar-refractivity contribution is -0.159. The Hall–Kier alpha value is -3.97. The second kappa shape index (κ2) is 15.5. The van der Waals surface area contributed by atoms with Crippen LogP contribution in [-0.4, -0.2) is 74.3 Å². The Morgan fingerprint density at radius 3 is 2.17 bits per heavy atom. The normalized spacial score (nSPS) is 13.3. The van der Waals surface area contributed by atoms with Gasteiger partial charge in [-0.25, -0.2) is 9.59 Å². The number of hydrogen-bond acceptors (Lipinski definition) is 9. The highest BCUT2D eigenvalue weighted by Crippen LogP contribution is 2.44. The van der Waals surface area contributed by atoms with Crippen molar-refractivity contribution in [1.82, 2.24) is 19.8 Å². The highest BCUT2D eigenvalue weighted by molar-refractivity contribution is 8.77. The first-order valence-corrected chi connectivity index (χ1v) is 18.0. The largest absolute Gasteiger partial charge is 0.459 e. The maximum atomic E-state index is 13.7. The zero-order chi connectivity index (χ0) is 35.2. The number of H-pyrrole nitrogens is 1. The zero-order valence-corrected chi connectivity index (χ0v) is 30.1. The van der Waals surface area contributed by atoms with Crippen molar-refractivity contribution in [2.45, 2.75) is 77.3 Å². The summed E-state index contributed by atoms with van der Waals surface area (Å²) in [6, 6.07) is 15.5. The number of ether oxygens (including phenoxy) is 2. The van der Waals surface area contributed by atoms with E-state index in [-0.39, 0.29) is 29.4 Å². The molecule has 0 saturated carbocycles. The molecule has 2 aromatic carbocycles. The number of nitrogens with zero attached hydrogens (tertiary/aromatic N) is 2. The number of aryl methyl sites for hydroxylation is 1. The van der Waals surface area contributed by atoms with Crippen LogP contribution in [0.1, 0.15) is 64.2 Å². The van der Waals surface area contributed by atoms with Crippen LogP contribution in [0.4, 0.5) is 4.79 Å². The molecule has 1 aliphatic carbocycles. The first-order valence-electron chi connectivity index (χ1n) is 15.7. The van der Waals surface area contributed by atoms with Crippen LogP contribution in [0.3, 0.4) is 0 Å². The van der Waals surface area contributed by atoms with Crippen molar-refractivity contribution in [3.8, 4) is 11.1 Å². The molecular weight excluding hydrogens is 653 g/mol. The van der Waals surface area contributed by atoms with Crippen LogP contribution in [0.5, 0.6) is 0 Å². The molecule has 2 N–H and O–H groups in total. The minimum absolute atomic E-state index is 0.0585. The van der Waals surface area contributed by atoms with E-state index >= 15 is 0 Å². The van der Waals surface area contributed by atoms with E-state index in [0.717, 1.165) is 26.8 Å². The van der Waals surface area contributed by atoms with Gasteiger partial charge in [-0.15, -0.1) is 0 Å². The molecule has 0 aliphatic heterocycles. The monoisotopic (exact) mass is 696 g/mol. The Labute approximate surface area is 288 Å². The zero-order valence-electron chi connectivity index (χ0n) is 28.5. The molecular formula is C35H44N4O7S2. The summed E-state index contributed by atoms with van der Waals surface area (Å²) in [5.74, 6) is -0.946. The first-order chi connectivity index (χ1) is 22.5. The smallest absolute Gasteiger partial charge is 0.407 e. The lowest BCUT2D eigenvalue weighted by atomic mass is 9.98. The van der Waals surface area contributed by atoms with E-state index < -0.39 is 54.0 Å². The molecule has 13 heteroatoms. The SMILES string of the molecule is Cc1cn(CC(=O)N(CC(=O)OC(C)(C)C)C[C@H](CSSC(C)(C)C)NC(=O)OCC2c3ccccc3-c3ccccc32)c(=O)[nH]c1=O. The predicted octanol–water partition coefficient (Wildman–Crippen LogP) is 5.10. The molecule has 1 aromatic heterocycles. The summed E-state index contributed by atoms with van der Waals surface area (Å²) >= 11 is 0. The fourth-order valence-electron chi connectivity index (χ4n) is 5.27. The van der Waals surface area contributed by atoms with Crippen molar-refractivity contribution < 1.29 is 23.9 Å². The van der Waals surface area contributed by atoms with E-state index in [2.05, 4.69) is 43.2 Å². The van der Waals surface area contributed by atoms with Crippen molar-refractivity contribution in [2.24, 2.45) is 0 Å². The molecule has 1 aliphatic rings. The number of aromatic nitrogens is 2. The van der Waals surface area contributed by atoms with Crippen LogP contribution in [0, 0.1) is 6.92 Å². The fourth-order valence-corrected chi connectivity index (χ4v) is 7.80. The van der Waals surface area contributed by atoms with Crippen molar-refractivity contribution in [3.63, 3.8) is 0 Å². The van der Waals surface area contributed by atoms with Gasteiger partial charge >= 0.3 is 17.8 Å². The van der Waals surface area contributed by atoms with E-state index in [0.29, 0.717) is 5.75 Å². The molecule has 258 valence electrons. The molecule has 0 unspecified atom stereocenters. The lowest BCUT2D eigenvalue weighted by Gasteiger charge is -2.29. The molecule has 1 atom stereocenters. The van der Waals surface area contributed by atoms with Gasteiger partial charge in [0, 0.05) is 34.7 Å². The molecule has 0 fully saturated rings. The Kier molecular flexibility index (Phi) is 11.9. The maximum Gasteiger partial charge on any atom is 0.407 e. The number of alkyl carbamates (subject to hydrolysis) is 1. The molecule has 1 heterocycles. The summed E-state index contributed by atoms with van der Waals surface area (Å²) in [5.41, 5.74) is 2.57. The molecule has 4 rings (SSSR count). The number of benzene rings is 2. The molecule has 2 amide bonds. The molecule has 11 nitrogen and oxygen atoms in total. The van der Waals surface area contributed by atoms with Crippen molar-refractivity contribution in [2.75, 3.05) is 25.4 Å². The summed E-state index contributed by atoms with van der Waals surface area (Å²) in [7, 11) is 3.15. The Morgan fingerprint density at radius 2 is 1.58 bits per heavy atom. The number of fused-ring (bicyclic) bond motifs is 3. The van der Waals surface area contributed by atoms with Crippen molar-refractivity contribution in [1.29, 1.82) is 0 Å². The van der Waals surface area contributed by atoms with Crippen LogP contribution in [0.15, 0.2) is 64.3 Å². The van der Waals surface area contributed by atoms with Gasteiger partial charge < -0.3 is 19.7 Å². The van der Waals surface area contributed by atoms with Gasteiger partial charge in [-0.3, -0.25) is 23.9 Å². The van der Waals surface area contributed by atoms with Crippen LogP contribution in [-0.2, 0) is 25.6 Å². The Balaban J connectivity index is 1.53. The van der Waals surface area contributed by atoms with Crippen LogP contribution < -0.4 is 16.6 Å². The van der Waals surface area contributed by atoms with Gasteiger partial charge in [0.2, 0.25) is 5.91 Å². The fraction of sp³-hybridized carbons (Fsp3) is 0.457. The third-order valence-corrected chi connectivity index (χ3v) is 10.7. The molecule has 0 spiro atoms. The highest BCUT2D eigenvalue weighted by Gasteiger charge is 2.30.